The third-order valence-corrected chi connectivity index (χ3v) is 4.36. The molecule has 23 heavy (non-hydrogen) atoms. The van der Waals surface area contributed by atoms with Gasteiger partial charge < -0.3 is 14.6 Å². The summed E-state index contributed by atoms with van der Waals surface area (Å²) in [5.41, 5.74) is 1.23. The number of hydrogen-bond acceptors (Lipinski definition) is 4. The highest BCUT2D eigenvalue weighted by molar-refractivity contribution is 5.88. The minimum atomic E-state index is -0.402. The van der Waals surface area contributed by atoms with E-state index in [2.05, 4.69) is 6.92 Å². The Bertz CT molecular complexity index is 715. The summed E-state index contributed by atoms with van der Waals surface area (Å²) in [6.45, 7) is 3.94. The predicted octanol–water partition coefficient (Wildman–Crippen LogP) is 4.81. The van der Waals surface area contributed by atoms with Crippen LogP contribution in [0.25, 0.3) is 11.0 Å². The molecule has 0 unspecified atom stereocenters. The van der Waals surface area contributed by atoms with Gasteiger partial charge in [-0.25, -0.2) is 4.79 Å². The number of benzene rings is 1. The molecule has 126 valence electrons. The summed E-state index contributed by atoms with van der Waals surface area (Å²) in [7, 11) is 0. The Kier molecular flexibility index (Phi) is 6.08. The summed E-state index contributed by atoms with van der Waals surface area (Å²) < 4.78 is 5.19. The molecule has 2 rings (SSSR count). The Morgan fingerprint density at radius 3 is 2.35 bits per heavy atom. The maximum atomic E-state index is 12.0. The second-order valence-electron chi connectivity index (χ2n) is 6.20. The van der Waals surface area contributed by atoms with Gasteiger partial charge in [0.2, 0.25) is 0 Å². The van der Waals surface area contributed by atoms with Gasteiger partial charge in [0.25, 0.3) is 0 Å². The van der Waals surface area contributed by atoms with Gasteiger partial charge in [-0.3, -0.25) is 0 Å². The Morgan fingerprint density at radius 2 is 1.65 bits per heavy atom. The van der Waals surface area contributed by atoms with Crippen LogP contribution in [-0.4, -0.2) is 10.2 Å². The molecule has 1 aromatic heterocycles. The van der Waals surface area contributed by atoms with E-state index in [1.807, 2.05) is 0 Å². The van der Waals surface area contributed by atoms with Crippen LogP contribution in [0.4, 0.5) is 0 Å². The lowest BCUT2D eigenvalue weighted by Crippen LogP contribution is -2.08. The molecule has 1 heterocycles. The molecule has 4 nitrogen and oxygen atoms in total. The second-order valence-corrected chi connectivity index (χ2v) is 6.20. The summed E-state index contributed by atoms with van der Waals surface area (Å²) in [6.07, 6.45) is 9.11. The molecular formula is C19H26O4. The fourth-order valence-electron chi connectivity index (χ4n) is 3.03. The Balaban J connectivity index is 2.13. The van der Waals surface area contributed by atoms with Gasteiger partial charge in [-0.1, -0.05) is 45.4 Å². The fraction of sp³-hybridized carbons (Fsp3) is 0.526. The number of hydrogen-bond donors (Lipinski definition) is 2. The first kappa shape index (κ1) is 17.4. The first-order valence-electron chi connectivity index (χ1n) is 8.52. The maximum absolute atomic E-state index is 12.0. The zero-order chi connectivity index (χ0) is 16.8. The van der Waals surface area contributed by atoms with Gasteiger partial charge in [-0.2, -0.15) is 0 Å². The SMILES string of the molecule is CCCCCCCCCc1c(C)c(=O)oc2cc(O)cc(O)c12. The third kappa shape index (κ3) is 4.27. The van der Waals surface area contributed by atoms with Gasteiger partial charge in [0.1, 0.15) is 17.1 Å². The number of aryl methyl sites for hydroxylation is 1. The third-order valence-electron chi connectivity index (χ3n) is 4.36. The van der Waals surface area contributed by atoms with Crippen molar-refractivity contribution in [2.24, 2.45) is 0 Å². The minimum absolute atomic E-state index is 0.0372. The van der Waals surface area contributed by atoms with Crippen LogP contribution in [0, 0.1) is 6.92 Å². The smallest absolute Gasteiger partial charge is 0.339 e. The number of rotatable bonds is 8. The molecule has 0 aliphatic heterocycles. The van der Waals surface area contributed by atoms with Crippen molar-refractivity contribution in [3.63, 3.8) is 0 Å². The molecule has 2 aromatic rings. The van der Waals surface area contributed by atoms with Gasteiger partial charge in [0.15, 0.2) is 0 Å². The standard InChI is InChI=1S/C19H26O4/c1-3-4-5-6-7-8-9-10-15-13(2)19(22)23-17-12-14(20)11-16(21)18(15)17/h11-12,20-21H,3-10H2,1-2H3. The van der Waals surface area contributed by atoms with E-state index in [9.17, 15) is 15.0 Å². The van der Waals surface area contributed by atoms with E-state index < -0.39 is 5.63 Å². The monoisotopic (exact) mass is 318 g/mol. The molecule has 4 heteroatoms. The van der Waals surface area contributed by atoms with Crippen molar-refractivity contribution in [1.82, 2.24) is 0 Å². The second kappa shape index (κ2) is 8.04. The highest BCUT2D eigenvalue weighted by Gasteiger charge is 2.15. The molecule has 0 bridgehead atoms. The van der Waals surface area contributed by atoms with Crippen LogP contribution in [0.3, 0.4) is 0 Å². The number of phenols is 2. The maximum Gasteiger partial charge on any atom is 0.339 e. The molecule has 2 N–H and O–H groups in total. The van der Waals surface area contributed by atoms with Crippen LogP contribution in [-0.2, 0) is 6.42 Å². The van der Waals surface area contributed by atoms with Crippen LogP contribution >= 0.6 is 0 Å². The lowest BCUT2D eigenvalue weighted by atomic mass is 9.98. The molecule has 0 spiro atoms. The lowest BCUT2D eigenvalue weighted by molar-refractivity contribution is 0.450. The first-order chi connectivity index (χ1) is 11.0. The summed E-state index contributed by atoms with van der Waals surface area (Å²) in [6, 6.07) is 2.67. The average Bonchev–Trinajstić information content (AvgIpc) is 2.49. The molecule has 0 fully saturated rings. The summed E-state index contributed by atoms with van der Waals surface area (Å²) in [4.78, 5) is 12.0. The van der Waals surface area contributed by atoms with E-state index in [1.54, 1.807) is 6.92 Å². The molecule has 0 saturated carbocycles. The van der Waals surface area contributed by atoms with Crippen molar-refractivity contribution in [3.8, 4) is 11.5 Å². The summed E-state index contributed by atoms with van der Waals surface area (Å²) in [5, 5.41) is 20.2. The van der Waals surface area contributed by atoms with Crippen LogP contribution in [0.5, 0.6) is 11.5 Å². The molecule has 0 radical (unpaired) electrons. The normalized spacial score (nSPS) is 11.2. The topological polar surface area (TPSA) is 70.7 Å². The molecule has 0 atom stereocenters. The van der Waals surface area contributed by atoms with Crippen molar-refractivity contribution >= 4 is 11.0 Å². The predicted molar refractivity (Wildman–Crippen MR) is 92.2 cm³/mol. The summed E-state index contributed by atoms with van der Waals surface area (Å²) >= 11 is 0. The quantitative estimate of drug-likeness (QED) is 0.541. The minimum Gasteiger partial charge on any atom is -0.508 e. The van der Waals surface area contributed by atoms with Gasteiger partial charge in [-0.05, 0) is 25.3 Å². The van der Waals surface area contributed by atoms with Crippen molar-refractivity contribution in [2.75, 3.05) is 0 Å². The number of fused-ring (bicyclic) bond motifs is 1. The van der Waals surface area contributed by atoms with E-state index in [4.69, 9.17) is 4.42 Å². The first-order valence-corrected chi connectivity index (χ1v) is 8.52. The fourth-order valence-corrected chi connectivity index (χ4v) is 3.03. The van der Waals surface area contributed by atoms with E-state index in [0.717, 1.165) is 24.8 Å². The van der Waals surface area contributed by atoms with Gasteiger partial charge in [0, 0.05) is 17.7 Å². The Labute approximate surface area is 136 Å². The van der Waals surface area contributed by atoms with Crippen molar-refractivity contribution in [2.45, 2.75) is 65.2 Å². The van der Waals surface area contributed by atoms with Crippen molar-refractivity contribution in [1.29, 1.82) is 0 Å². The molecule has 0 saturated heterocycles. The van der Waals surface area contributed by atoms with Crippen LogP contribution in [0.15, 0.2) is 21.3 Å². The van der Waals surface area contributed by atoms with Crippen LogP contribution in [0.2, 0.25) is 0 Å². The summed E-state index contributed by atoms with van der Waals surface area (Å²) in [5.74, 6) is -0.145. The van der Waals surface area contributed by atoms with E-state index in [0.29, 0.717) is 10.9 Å². The van der Waals surface area contributed by atoms with Gasteiger partial charge in [0.05, 0.1) is 5.39 Å². The van der Waals surface area contributed by atoms with E-state index in [1.165, 1.54) is 44.2 Å². The van der Waals surface area contributed by atoms with Crippen molar-refractivity contribution in [3.05, 3.63) is 33.7 Å². The van der Waals surface area contributed by atoms with Crippen molar-refractivity contribution < 1.29 is 14.6 Å². The molecule has 0 aliphatic rings. The van der Waals surface area contributed by atoms with Crippen LogP contribution in [0.1, 0.15) is 63.0 Å². The van der Waals surface area contributed by atoms with Gasteiger partial charge >= 0.3 is 5.63 Å². The largest absolute Gasteiger partial charge is 0.508 e. The molecule has 1 aromatic carbocycles. The average molecular weight is 318 g/mol. The lowest BCUT2D eigenvalue weighted by Gasteiger charge is -2.10. The number of phenolic OH excluding ortho intramolecular Hbond substituents is 2. The molecule has 0 amide bonds. The van der Waals surface area contributed by atoms with E-state index in [-0.39, 0.29) is 17.1 Å². The van der Waals surface area contributed by atoms with E-state index >= 15 is 0 Å². The highest BCUT2D eigenvalue weighted by Crippen LogP contribution is 2.33. The molecule has 0 aliphatic carbocycles. The zero-order valence-corrected chi connectivity index (χ0v) is 14.0. The Morgan fingerprint density at radius 1 is 1.00 bits per heavy atom. The zero-order valence-electron chi connectivity index (χ0n) is 14.0. The number of aromatic hydroxyl groups is 2. The van der Waals surface area contributed by atoms with Gasteiger partial charge in [-0.15, -0.1) is 0 Å². The number of unbranched alkanes of at least 4 members (excludes halogenated alkanes) is 6. The molecular weight excluding hydrogens is 292 g/mol. The Hall–Kier alpha value is -1.97. The highest BCUT2D eigenvalue weighted by atomic mass is 16.4. The van der Waals surface area contributed by atoms with Crippen LogP contribution < -0.4 is 5.63 Å².